The first-order valence-electron chi connectivity index (χ1n) is 61.1. The zero-order chi connectivity index (χ0) is 102. The van der Waals surface area contributed by atoms with E-state index in [4.69, 9.17) is 23.7 Å². The van der Waals surface area contributed by atoms with Crippen molar-refractivity contribution in [3.05, 3.63) is 52.0 Å². The fourth-order valence-corrected chi connectivity index (χ4v) is 57.3. The van der Waals surface area contributed by atoms with Gasteiger partial charge in [0.2, 0.25) is 0 Å². The van der Waals surface area contributed by atoms with E-state index in [1.54, 1.807) is 62.1 Å². The SMILES string of the molecule is CCCC[P+](CCCC)(CCCC)CCCC(=O)OCC(CC)(COC(=O)CCC[P+](CCCC)(CCCC)CCCC)COC(=O)CCC[P+](CCCC)(CCCC)CCCC.CCCC[P+](CCCC)(CCCC)CCCC(=O)OCCOC(=O)CCC[P+](CCCC)(CCCC)CCCC.CCCC[P+](CCCC)(CCCC)CCCCCCCC[P+](CCCC)(CCCC)CCCC.[CH3-].[CH3-].[CH3-].[CH3-].[CH3-].[CH3-].[CH3-]. The Morgan fingerprint density at radius 2 is 0.250 bits per heavy atom. The van der Waals surface area contributed by atoms with Crippen molar-refractivity contribution in [2.45, 2.75) is 531 Å². The molecule has 0 atom stereocenters. The van der Waals surface area contributed by atoms with Crippen molar-refractivity contribution in [3.63, 3.8) is 0 Å². The van der Waals surface area contributed by atoms with Crippen LogP contribution in [-0.4, -0.2) is 235 Å². The molecule has 0 rings (SSSR count). The van der Waals surface area contributed by atoms with Crippen molar-refractivity contribution in [1.29, 1.82) is 0 Å². The monoisotopic (exact) mass is 2170 g/mol. The van der Waals surface area contributed by atoms with E-state index in [-0.39, 0.29) is 115 Å². The lowest BCUT2D eigenvalue weighted by Crippen LogP contribution is -2.39. The van der Waals surface area contributed by atoms with Gasteiger partial charge in [-0.05, 0) is 199 Å². The summed E-state index contributed by atoms with van der Waals surface area (Å²) < 4.78 is 29.2. The topological polar surface area (TPSA) is 132 Å². The first-order valence-corrected chi connectivity index (χ1v) is 78.8. The van der Waals surface area contributed by atoms with Crippen LogP contribution in [0.2, 0.25) is 0 Å². The van der Waals surface area contributed by atoms with Crippen molar-refractivity contribution >= 4 is 80.7 Å². The highest BCUT2D eigenvalue weighted by Gasteiger charge is 2.43. The Balaban J connectivity index is -0.000000241. The highest BCUT2D eigenvalue weighted by atomic mass is 31.2. The Morgan fingerprint density at radius 1 is 0.146 bits per heavy atom. The van der Waals surface area contributed by atoms with Gasteiger partial charge in [-0.2, -0.15) is 0 Å². The van der Waals surface area contributed by atoms with Crippen molar-refractivity contribution < 1.29 is 47.7 Å². The summed E-state index contributed by atoms with van der Waals surface area (Å²) in [6.07, 6.45) is 112. The van der Waals surface area contributed by atoms with E-state index in [0.29, 0.717) is 38.5 Å². The molecule has 0 spiro atoms. The van der Waals surface area contributed by atoms with Gasteiger partial charge in [0, 0.05) is 82.9 Å². The smallest absolute Gasteiger partial charge is 0.306 e. The largest absolute Gasteiger partial charge is 0.465 e. The molecule has 0 fully saturated rings. The molecule has 10 nitrogen and oxygen atoms in total. The summed E-state index contributed by atoms with van der Waals surface area (Å²) in [5.74, 6) is -0.796. The molecule has 0 aromatic rings. The molecule has 0 saturated heterocycles. The van der Waals surface area contributed by atoms with Gasteiger partial charge in [-0.25, -0.2) is 0 Å². The van der Waals surface area contributed by atoms with Crippen molar-refractivity contribution in [2.75, 3.05) is 206 Å². The highest BCUT2D eigenvalue weighted by molar-refractivity contribution is 7.78. The van der Waals surface area contributed by atoms with E-state index >= 15 is 0 Å². The van der Waals surface area contributed by atoms with E-state index in [9.17, 15) is 24.0 Å². The summed E-state index contributed by atoms with van der Waals surface area (Å²) in [5.41, 5.74) is -0.763. The van der Waals surface area contributed by atoms with Crippen LogP contribution in [0.3, 0.4) is 0 Å². The second-order valence-corrected chi connectivity index (χ2v) is 75.3. The summed E-state index contributed by atoms with van der Waals surface area (Å²) in [7, 11) is -6.53. The minimum Gasteiger partial charge on any atom is -0.465 e. The second kappa shape index (κ2) is 113. The van der Waals surface area contributed by atoms with E-state index in [1.165, 1.54) is 419 Å². The van der Waals surface area contributed by atoms with Gasteiger partial charge in [0.05, 0.1) is 178 Å². The number of carbonyl (C=O) groups excluding carboxylic acids is 5. The quantitative estimate of drug-likeness (QED) is 0.0191. The Morgan fingerprint density at radius 3 is 0.368 bits per heavy atom. The summed E-state index contributed by atoms with van der Waals surface area (Å²) in [6, 6.07) is 0. The van der Waals surface area contributed by atoms with Gasteiger partial charge in [-0.3, -0.25) is 24.0 Å². The van der Waals surface area contributed by atoms with Crippen LogP contribution in [0.1, 0.15) is 531 Å². The molecule has 0 amide bonds. The summed E-state index contributed by atoms with van der Waals surface area (Å²) in [5, 5.41) is 0. The van der Waals surface area contributed by atoms with Crippen molar-refractivity contribution in [2.24, 2.45) is 5.41 Å². The third kappa shape index (κ3) is 86.5. The molecule has 0 aromatic heterocycles. The average molecular weight is 2180 g/mol. The fourth-order valence-electron chi connectivity index (χ4n) is 21.3. The molecule has 874 valence electrons. The zero-order valence-electron chi connectivity index (χ0n) is 104. The first-order chi connectivity index (χ1) is 66.3. The van der Waals surface area contributed by atoms with Crippen LogP contribution in [0.5, 0.6) is 0 Å². The van der Waals surface area contributed by atoms with Crippen LogP contribution in [-0.2, 0) is 47.7 Å². The lowest BCUT2D eigenvalue weighted by molar-refractivity contribution is -0.162. The highest BCUT2D eigenvalue weighted by Crippen LogP contribution is 2.67. The third-order valence-electron chi connectivity index (χ3n) is 31.3. The minimum absolute atomic E-state index is 0. The first kappa shape index (κ1) is 164. The molecule has 0 aliphatic rings. The molecule has 0 radical (unpaired) electrons. The molecular formula is C127H271O10P7. The Labute approximate surface area is 916 Å². The van der Waals surface area contributed by atoms with Crippen molar-refractivity contribution in [3.8, 4) is 0 Å². The van der Waals surface area contributed by atoms with Gasteiger partial charge >= 0.3 is 29.8 Å². The van der Waals surface area contributed by atoms with Crippen LogP contribution in [0.25, 0.3) is 0 Å². The van der Waals surface area contributed by atoms with E-state index < -0.39 is 56.3 Å². The van der Waals surface area contributed by atoms with Gasteiger partial charge < -0.3 is 75.7 Å². The number of rotatable bonds is 102. The molecule has 0 aliphatic carbocycles. The van der Waals surface area contributed by atoms with Gasteiger partial charge in [-0.15, -0.1) is 0 Å². The van der Waals surface area contributed by atoms with E-state index in [2.05, 4.69) is 145 Å². The zero-order valence-corrected chi connectivity index (χ0v) is 111. The number of hydrogen-bond donors (Lipinski definition) is 0. The molecule has 0 aromatic carbocycles. The van der Waals surface area contributed by atoms with Crippen LogP contribution in [0.15, 0.2) is 0 Å². The number of hydrogen-bond acceptors (Lipinski definition) is 10. The molecule has 0 aliphatic heterocycles. The van der Waals surface area contributed by atoms with Gasteiger partial charge in [0.15, 0.2) is 0 Å². The van der Waals surface area contributed by atoms with Crippen LogP contribution in [0.4, 0.5) is 0 Å². The number of unbranched alkanes of at least 4 members (excludes halogenated alkanes) is 26. The molecule has 144 heavy (non-hydrogen) atoms. The van der Waals surface area contributed by atoms with E-state index in [1.807, 2.05) is 6.92 Å². The van der Waals surface area contributed by atoms with E-state index in [0.717, 1.165) is 32.1 Å². The number of ether oxygens (including phenoxy) is 5. The van der Waals surface area contributed by atoms with Gasteiger partial charge in [0.25, 0.3) is 0 Å². The Hall–Kier alpha value is 0.360. The maximum Gasteiger partial charge on any atom is 0.306 e. The molecular weight excluding hydrogens is 1900 g/mol. The minimum atomic E-state index is -1.10. The summed E-state index contributed by atoms with van der Waals surface area (Å²) >= 11 is 0. The average Bonchev–Trinajstić information content (AvgIpc) is 0.807. The standard InChI is InChI=1S/C54H110O6P3.C34H70O4P2.C32H70P2.7CH3/c1-11-21-36-61(37-22-12-2,38-23-13-3)45-30-33-51(55)58-48-54(20-10,49-59-52(56)34-31-46-62(39-24-14-4,40-25-15-5)41-26-16-6)50-60-53(57)35-32-47-63(42-27-17-7,43-28-18-8)44-29-19-9;1-7-13-25-39(26-14-8-2,27-15-9-3)31-19-21-33(35)37-23-24-38-34(36)22-20-32-40(28-16-10-4,29-17-11-5)30-18-12-6;1-7-13-25-33(26-14-8-2,27-15-9-3)31-23-21-19-20-22-24-32-34(28-16-10-4,29-17-11-5)30-18-12-6;;;;;;;/h11-50H2,1-10H3;7-32H2,1-6H3;7-32H2,1-6H3;7*1H3/q+3;2*+2;7*-1. The predicted molar refractivity (Wildman–Crippen MR) is 684 cm³/mol. The summed E-state index contributed by atoms with van der Waals surface area (Å²) in [4.78, 5) is 65.4. The van der Waals surface area contributed by atoms with Crippen LogP contribution in [0, 0.1) is 57.4 Å². The third-order valence-corrected chi connectivity index (χ3v) is 66.7. The van der Waals surface area contributed by atoms with Crippen LogP contribution < -0.4 is 0 Å². The van der Waals surface area contributed by atoms with Crippen molar-refractivity contribution in [1.82, 2.24) is 0 Å². The molecule has 0 N–H and O–H groups in total. The predicted octanol–water partition coefficient (Wildman–Crippen LogP) is 42.4. The molecule has 0 saturated carbocycles. The maximum atomic E-state index is 13.5. The van der Waals surface area contributed by atoms with Gasteiger partial charge in [0.1, 0.15) is 33.0 Å². The normalized spacial score (nSPS) is 11.8. The van der Waals surface area contributed by atoms with Gasteiger partial charge in [-0.1, -0.05) is 300 Å². The Kier molecular flexibility index (Phi) is 129. The lowest BCUT2D eigenvalue weighted by atomic mass is 9.88. The molecule has 0 heterocycles. The summed E-state index contributed by atoms with van der Waals surface area (Å²) in [6.45, 7) is 51.6. The fraction of sp³-hybridized carbons (Fsp3) is 0.906. The maximum absolute atomic E-state index is 13.5. The number of esters is 5. The lowest BCUT2D eigenvalue weighted by Gasteiger charge is -2.31. The molecule has 17 heteroatoms. The second-order valence-electron chi connectivity index (χ2n) is 44.0. The van der Waals surface area contributed by atoms with Crippen LogP contribution >= 0.6 is 50.8 Å². The number of carbonyl (C=O) groups is 5. The molecule has 0 bridgehead atoms. The Bertz CT molecular complexity index is 2290. The molecule has 0 unspecified atom stereocenters.